The largest absolute Gasteiger partial charge is 0.343 e. The first-order valence-electron chi connectivity index (χ1n) is 23.7. The molecule has 0 saturated carbocycles. The molecule has 0 amide bonds. The van der Waals surface area contributed by atoms with Gasteiger partial charge in [-0.1, -0.05) is 194 Å². The summed E-state index contributed by atoms with van der Waals surface area (Å²) in [6.45, 7) is 3.24. The topological polar surface area (TPSA) is 19.7 Å². The minimum absolute atomic E-state index is 0.795. The van der Waals surface area contributed by atoms with Crippen molar-refractivity contribution in [3.63, 3.8) is 0 Å². The molecule has 0 radical (unpaired) electrons. The molecule has 0 saturated heterocycles. The number of rotatable bonds is 14. The smallest absolute Gasteiger partial charge is 0.0488 e. The van der Waals surface area contributed by atoms with Crippen LogP contribution in [0.1, 0.15) is 55.9 Å². The van der Waals surface area contributed by atoms with Crippen LogP contribution in [0.2, 0.25) is 0 Å². The molecule has 324 valence electrons. The molecule has 67 heavy (non-hydrogen) atoms. The molecule has 4 aromatic heterocycles. The van der Waals surface area contributed by atoms with E-state index in [0.717, 1.165) is 45.4 Å². The standard InChI is InChI=1S/C63H52N4/c1-5-21-46(22-6-1)40-64-44-50(52-29-13-17-33-58(52)64)37-62-56(54-31-15-19-35-60(54)66(62)42-48-25-9-3-10-26-48)39-57-55-32-16-20-36-61(55)67(43-49-27-11-4-12-28-49)63(57)38-51-45-65(41-47-23-7-2-8-24-47)59-34-18-14-30-53(51)59/h1-36,44-45H,37-43H2. The van der Waals surface area contributed by atoms with Gasteiger partial charge in [0.1, 0.15) is 0 Å². The monoisotopic (exact) mass is 864 g/mol. The lowest BCUT2D eigenvalue weighted by Crippen LogP contribution is -2.09. The zero-order valence-corrected chi connectivity index (χ0v) is 37.7. The number of para-hydroxylation sites is 4. The molecule has 4 heteroatoms. The molecule has 0 aliphatic heterocycles. The van der Waals surface area contributed by atoms with Crippen molar-refractivity contribution in [1.82, 2.24) is 18.3 Å². The summed E-state index contributed by atoms with van der Waals surface area (Å²) >= 11 is 0. The maximum atomic E-state index is 2.63. The number of hydrogen-bond donors (Lipinski definition) is 0. The van der Waals surface area contributed by atoms with Crippen LogP contribution in [0.4, 0.5) is 0 Å². The van der Waals surface area contributed by atoms with Crippen molar-refractivity contribution in [3.8, 4) is 0 Å². The second-order valence-corrected chi connectivity index (χ2v) is 18.1. The second kappa shape index (κ2) is 17.7. The SMILES string of the molecule is c1ccc(Cn2cc(Cc3c(Cc4c(Cc5cn(Cc6ccccc6)c6ccccc56)n(Cc5ccccc5)c5ccccc45)c4ccccc4n3Cc3ccccc3)c3ccccc32)cc1. The Morgan fingerprint density at radius 2 is 0.552 bits per heavy atom. The first-order chi connectivity index (χ1) is 33.2. The Bertz CT molecular complexity index is 3400. The third-order valence-corrected chi connectivity index (χ3v) is 14.0. The highest BCUT2D eigenvalue weighted by Gasteiger charge is 2.25. The fourth-order valence-corrected chi connectivity index (χ4v) is 10.8. The molecule has 0 spiro atoms. The number of hydrogen-bond acceptors (Lipinski definition) is 0. The Hall–Kier alpha value is -8.08. The molecule has 0 bridgehead atoms. The lowest BCUT2D eigenvalue weighted by molar-refractivity contribution is 0.765. The maximum Gasteiger partial charge on any atom is 0.0488 e. The highest BCUT2D eigenvalue weighted by atomic mass is 15.0. The molecule has 0 fully saturated rings. The van der Waals surface area contributed by atoms with Crippen molar-refractivity contribution in [2.24, 2.45) is 0 Å². The molecule has 0 N–H and O–H groups in total. The highest BCUT2D eigenvalue weighted by Crippen LogP contribution is 2.38. The fourth-order valence-electron chi connectivity index (χ4n) is 10.8. The fraction of sp³-hybridized carbons (Fsp3) is 0.111. The molecule has 0 aliphatic rings. The van der Waals surface area contributed by atoms with Crippen LogP contribution in [0.25, 0.3) is 43.6 Å². The van der Waals surface area contributed by atoms with E-state index >= 15 is 0 Å². The average Bonchev–Trinajstić information content (AvgIpc) is 4.09. The molecule has 12 aromatic rings. The minimum atomic E-state index is 0.795. The second-order valence-electron chi connectivity index (χ2n) is 18.1. The van der Waals surface area contributed by atoms with Crippen molar-refractivity contribution >= 4 is 43.6 Å². The lowest BCUT2D eigenvalue weighted by atomic mass is 9.95. The van der Waals surface area contributed by atoms with Crippen LogP contribution in [0, 0.1) is 0 Å². The Morgan fingerprint density at radius 1 is 0.254 bits per heavy atom. The summed E-state index contributed by atoms with van der Waals surface area (Å²) in [6, 6.07) is 80.0. The first-order valence-corrected chi connectivity index (χ1v) is 23.7. The number of aromatic nitrogens is 4. The Balaban J connectivity index is 1.06. The molecule has 12 rings (SSSR count). The van der Waals surface area contributed by atoms with Gasteiger partial charge in [-0.15, -0.1) is 0 Å². The van der Waals surface area contributed by atoms with E-state index in [1.54, 1.807) is 0 Å². The third kappa shape index (κ3) is 7.85. The van der Waals surface area contributed by atoms with Gasteiger partial charge in [-0.25, -0.2) is 0 Å². The van der Waals surface area contributed by atoms with E-state index in [9.17, 15) is 0 Å². The van der Waals surface area contributed by atoms with Crippen LogP contribution in [0.15, 0.2) is 231 Å². The zero-order chi connectivity index (χ0) is 44.5. The van der Waals surface area contributed by atoms with Gasteiger partial charge in [-0.3, -0.25) is 0 Å². The molecule has 0 unspecified atom stereocenters. The van der Waals surface area contributed by atoms with Crippen LogP contribution in [-0.2, 0) is 45.4 Å². The normalized spacial score (nSPS) is 11.7. The summed E-state index contributed by atoms with van der Waals surface area (Å²) in [6.07, 6.45) is 7.28. The minimum Gasteiger partial charge on any atom is -0.343 e. The zero-order valence-electron chi connectivity index (χ0n) is 37.7. The van der Waals surface area contributed by atoms with Crippen LogP contribution in [0.5, 0.6) is 0 Å². The molecular weight excluding hydrogens is 813 g/mol. The molecule has 0 atom stereocenters. The summed E-state index contributed by atoms with van der Waals surface area (Å²) in [5, 5.41) is 5.28. The van der Waals surface area contributed by atoms with Gasteiger partial charge in [0.25, 0.3) is 0 Å². The predicted octanol–water partition coefficient (Wildman–Crippen LogP) is 14.5. The van der Waals surface area contributed by atoms with E-state index in [1.807, 2.05) is 0 Å². The van der Waals surface area contributed by atoms with Crippen molar-refractivity contribution in [1.29, 1.82) is 0 Å². The summed E-state index contributed by atoms with van der Waals surface area (Å²) in [5.74, 6) is 0. The van der Waals surface area contributed by atoms with E-state index in [-0.39, 0.29) is 0 Å². The van der Waals surface area contributed by atoms with E-state index in [2.05, 4.69) is 249 Å². The average molecular weight is 865 g/mol. The molecule has 0 aliphatic carbocycles. The Kier molecular flexibility index (Phi) is 10.7. The van der Waals surface area contributed by atoms with Crippen molar-refractivity contribution < 1.29 is 0 Å². The molecule has 8 aromatic carbocycles. The first kappa shape index (κ1) is 40.4. The Morgan fingerprint density at radius 3 is 0.925 bits per heavy atom. The molecule has 4 nitrogen and oxygen atoms in total. The maximum absolute atomic E-state index is 2.63. The van der Waals surface area contributed by atoms with Gasteiger partial charge in [0, 0.05) is 113 Å². The third-order valence-electron chi connectivity index (χ3n) is 14.0. The van der Waals surface area contributed by atoms with Crippen molar-refractivity contribution in [2.75, 3.05) is 0 Å². The predicted molar refractivity (Wildman–Crippen MR) is 278 cm³/mol. The van der Waals surface area contributed by atoms with E-state index < -0.39 is 0 Å². The van der Waals surface area contributed by atoms with E-state index in [0.29, 0.717) is 0 Å². The van der Waals surface area contributed by atoms with Crippen LogP contribution in [0.3, 0.4) is 0 Å². The van der Waals surface area contributed by atoms with Crippen LogP contribution in [-0.4, -0.2) is 18.3 Å². The summed E-state index contributed by atoms with van der Waals surface area (Å²) in [7, 11) is 0. The summed E-state index contributed by atoms with van der Waals surface area (Å²) < 4.78 is 10.2. The summed E-state index contributed by atoms with van der Waals surface area (Å²) in [5.41, 5.74) is 18.6. The van der Waals surface area contributed by atoms with Gasteiger partial charge < -0.3 is 18.3 Å². The quantitative estimate of drug-likeness (QED) is 0.104. The van der Waals surface area contributed by atoms with Crippen molar-refractivity contribution in [3.05, 3.63) is 287 Å². The van der Waals surface area contributed by atoms with Gasteiger partial charge in [-0.2, -0.15) is 0 Å². The van der Waals surface area contributed by atoms with Gasteiger partial charge >= 0.3 is 0 Å². The van der Waals surface area contributed by atoms with Crippen LogP contribution >= 0.6 is 0 Å². The highest BCUT2D eigenvalue weighted by molar-refractivity contribution is 5.92. The van der Waals surface area contributed by atoms with Gasteiger partial charge in [0.15, 0.2) is 0 Å². The van der Waals surface area contributed by atoms with Crippen LogP contribution < -0.4 is 0 Å². The lowest BCUT2D eigenvalue weighted by Gasteiger charge is -2.15. The summed E-state index contributed by atoms with van der Waals surface area (Å²) in [4.78, 5) is 0. The Labute approximate surface area is 392 Å². The van der Waals surface area contributed by atoms with Gasteiger partial charge in [0.05, 0.1) is 0 Å². The molecular formula is C63H52N4. The van der Waals surface area contributed by atoms with Crippen molar-refractivity contribution in [2.45, 2.75) is 45.4 Å². The number of nitrogens with zero attached hydrogens (tertiary/aromatic N) is 4. The number of fused-ring (bicyclic) bond motifs is 4. The number of benzene rings is 8. The van der Waals surface area contributed by atoms with Gasteiger partial charge in [0.2, 0.25) is 0 Å². The van der Waals surface area contributed by atoms with E-state index in [4.69, 9.17) is 0 Å². The molecule has 4 heterocycles. The van der Waals surface area contributed by atoms with E-state index in [1.165, 1.54) is 99.5 Å². The van der Waals surface area contributed by atoms with Gasteiger partial charge in [-0.05, 0) is 68.8 Å².